The summed E-state index contributed by atoms with van der Waals surface area (Å²) in [6.07, 6.45) is 7.31. The first-order chi connectivity index (χ1) is 10.1. The Kier molecular flexibility index (Phi) is 3.53. The molecule has 4 rings (SSSR count). The van der Waals surface area contributed by atoms with Crippen molar-refractivity contribution >= 4 is 22.8 Å². The van der Waals surface area contributed by atoms with Gasteiger partial charge in [0.25, 0.3) is 0 Å². The standard InChI is InChI=1S/C16H24N2O2S/c1-16(8-11-4-5-20-9-11)14(19)18-15(21-16)17-13-7-10-2-3-12(13)6-10/h10-13H,2-9H2,1H3,(H,17,18,19)/t10-,11?,12-,13-,16?/m0/s1. The fraction of sp³-hybridized carbons (Fsp3) is 0.875. The Morgan fingerprint density at radius 1 is 1.38 bits per heavy atom. The average molecular weight is 308 g/mol. The summed E-state index contributed by atoms with van der Waals surface area (Å²) in [7, 11) is 0. The molecule has 1 amide bonds. The third-order valence-corrected chi connectivity index (χ3v) is 6.91. The second-order valence-electron chi connectivity index (χ2n) is 7.40. The van der Waals surface area contributed by atoms with Crippen LogP contribution in [0.5, 0.6) is 0 Å². The quantitative estimate of drug-likeness (QED) is 0.872. The molecule has 0 radical (unpaired) electrons. The van der Waals surface area contributed by atoms with Gasteiger partial charge in [-0.2, -0.15) is 0 Å². The molecule has 2 bridgehead atoms. The summed E-state index contributed by atoms with van der Waals surface area (Å²) >= 11 is 1.66. The van der Waals surface area contributed by atoms with Gasteiger partial charge in [-0.25, -0.2) is 0 Å². The summed E-state index contributed by atoms with van der Waals surface area (Å²) in [4.78, 5) is 17.3. The molecule has 2 saturated carbocycles. The second-order valence-corrected chi connectivity index (χ2v) is 8.89. The highest BCUT2D eigenvalue weighted by molar-refractivity contribution is 8.16. The predicted molar refractivity (Wildman–Crippen MR) is 84.4 cm³/mol. The molecule has 2 unspecified atom stereocenters. The van der Waals surface area contributed by atoms with Crippen molar-refractivity contribution in [3.8, 4) is 0 Å². The normalized spacial score (nSPS) is 47.5. The van der Waals surface area contributed by atoms with Gasteiger partial charge in [0, 0.05) is 13.2 Å². The zero-order valence-electron chi connectivity index (χ0n) is 12.6. The summed E-state index contributed by atoms with van der Waals surface area (Å²) in [5.74, 6) is 2.33. The van der Waals surface area contributed by atoms with E-state index in [1.165, 1.54) is 25.7 Å². The van der Waals surface area contributed by atoms with Gasteiger partial charge in [0.15, 0.2) is 5.17 Å². The fourth-order valence-corrected chi connectivity index (χ4v) is 5.74. The molecule has 4 aliphatic rings. The number of nitrogens with one attached hydrogen (secondary N) is 1. The number of hydrogen-bond acceptors (Lipinski definition) is 4. The van der Waals surface area contributed by atoms with Crippen LogP contribution in [0.4, 0.5) is 0 Å². The first-order valence-corrected chi connectivity index (χ1v) is 9.10. The van der Waals surface area contributed by atoms with Gasteiger partial charge in [0.2, 0.25) is 5.91 Å². The molecular weight excluding hydrogens is 284 g/mol. The van der Waals surface area contributed by atoms with Crippen molar-refractivity contribution < 1.29 is 9.53 Å². The van der Waals surface area contributed by atoms with E-state index in [1.54, 1.807) is 11.8 Å². The number of amides is 1. The topological polar surface area (TPSA) is 50.7 Å². The summed E-state index contributed by atoms with van der Waals surface area (Å²) in [5, 5.41) is 3.91. The number of rotatable bonds is 3. The van der Waals surface area contributed by atoms with Gasteiger partial charge in [-0.1, -0.05) is 18.2 Å². The molecule has 0 aromatic carbocycles. The van der Waals surface area contributed by atoms with Gasteiger partial charge in [0.05, 0.1) is 10.8 Å². The van der Waals surface area contributed by atoms with Crippen molar-refractivity contribution in [3.63, 3.8) is 0 Å². The van der Waals surface area contributed by atoms with Crippen LogP contribution in [-0.4, -0.2) is 35.1 Å². The van der Waals surface area contributed by atoms with Crippen molar-refractivity contribution in [2.24, 2.45) is 22.7 Å². The van der Waals surface area contributed by atoms with Crippen LogP contribution in [0.3, 0.4) is 0 Å². The number of nitrogens with zero attached hydrogens (tertiary/aromatic N) is 1. The molecular formula is C16H24N2O2S. The Morgan fingerprint density at radius 3 is 2.95 bits per heavy atom. The van der Waals surface area contributed by atoms with Gasteiger partial charge < -0.3 is 10.1 Å². The minimum absolute atomic E-state index is 0.140. The molecule has 5 heteroatoms. The van der Waals surface area contributed by atoms with Gasteiger partial charge >= 0.3 is 0 Å². The lowest BCUT2D eigenvalue weighted by Crippen LogP contribution is -2.35. The number of fused-ring (bicyclic) bond motifs is 2. The van der Waals surface area contributed by atoms with Crippen molar-refractivity contribution in [1.29, 1.82) is 0 Å². The van der Waals surface area contributed by atoms with Crippen molar-refractivity contribution in [2.75, 3.05) is 13.2 Å². The SMILES string of the molecule is CC1(CC2CCOC2)SC(=N[C@H]2C[C@H]3CC[C@H]2C3)NC1=O. The monoisotopic (exact) mass is 308 g/mol. The molecule has 4 fully saturated rings. The van der Waals surface area contributed by atoms with Gasteiger partial charge in [-0.3, -0.25) is 9.79 Å². The Morgan fingerprint density at radius 2 is 2.29 bits per heavy atom. The number of carbonyl (C=O) groups is 1. The maximum absolute atomic E-state index is 12.4. The molecule has 2 heterocycles. The van der Waals surface area contributed by atoms with E-state index in [1.807, 2.05) is 0 Å². The number of hydrogen-bond donors (Lipinski definition) is 1. The third kappa shape index (κ3) is 2.63. The zero-order valence-corrected chi connectivity index (χ0v) is 13.5. The molecule has 4 nitrogen and oxygen atoms in total. The van der Waals surface area contributed by atoms with E-state index in [0.717, 1.165) is 43.1 Å². The minimum Gasteiger partial charge on any atom is -0.381 e. The molecule has 2 aliphatic heterocycles. The van der Waals surface area contributed by atoms with Gasteiger partial charge in [-0.15, -0.1) is 0 Å². The number of amidine groups is 1. The number of thioether (sulfide) groups is 1. The summed E-state index contributed by atoms with van der Waals surface area (Å²) in [5.41, 5.74) is 0. The maximum Gasteiger partial charge on any atom is 0.242 e. The molecule has 0 aromatic rings. The minimum atomic E-state index is -0.352. The van der Waals surface area contributed by atoms with E-state index in [4.69, 9.17) is 9.73 Å². The van der Waals surface area contributed by atoms with Crippen molar-refractivity contribution in [2.45, 2.75) is 56.2 Å². The summed E-state index contributed by atoms with van der Waals surface area (Å²) in [6, 6.07) is 0.462. The number of carbonyl (C=O) groups excluding carboxylic acids is 1. The molecule has 2 aliphatic carbocycles. The van der Waals surface area contributed by atoms with Crippen molar-refractivity contribution in [1.82, 2.24) is 5.32 Å². The summed E-state index contributed by atoms with van der Waals surface area (Å²) in [6.45, 7) is 3.72. The van der Waals surface area contributed by atoms with E-state index >= 15 is 0 Å². The molecule has 0 aromatic heterocycles. The molecule has 21 heavy (non-hydrogen) atoms. The van der Waals surface area contributed by atoms with Crippen LogP contribution in [0, 0.1) is 17.8 Å². The van der Waals surface area contributed by atoms with E-state index in [-0.39, 0.29) is 10.7 Å². The first-order valence-electron chi connectivity index (χ1n) is 8.28. The van der Waals surface area contributed by atoms with Crippen LogP contribution in [0.1, 0.15) is 45.4 Å². The highest BCUT2D eigenvalue weighted by Gasteiger charge is 2.46. The largest absolute Gasteiger partial charge is 0.381 e. The summed E-state index contributed by atoms with van der Waals surface area (Å²) < 4.78 is 5.09. The molecule has 2 saturated heterocycles. The zero-order chi connectivity index (χ0) is 14.4. The maximum atomic E-state index is 12.4. The highest BCUT2D eigenvalue weighted by Crippen LogP contribution is 2.47. The molecule has 0 spiro atoms. The Hall–Kier alpha value is -0.550. The van der Waals surface area contributed by atoms with Crippen LogP contribution in [0.15, 0.2) is 4.99 Å². The van der Waals surface area contributed by atoms with Gasteiger partial charge in [0.1, 0.15) is 0 Å². The second kappa shape index (κ2) is 5.27. The van der Waals surface area contributed by atoms with Gasteiger partial charge in [-0.05, 0) is 56.8 Å². The average Bonchev–Trinajstić information content (AvgIpc) is 3.17. The van der Waals surface area contributed by atoms with Crippen LogP contribution in [-0.2, 0) is 9.53 Å². The van der Waals surface area contributed by atoms with Crippen LogP contribution in [0.2, 0.25) is 0 Å². The van der Waals surface area contributed by atoms with E-state index in [2.05, 4.69) is 12.2 Å². The third-order valence-electron chi connectivity index (χ3n) is 5.71. The first kappa shape index (κ1) is 14.1. The molecule has 5 atom stereocenters. The fourth-order valence-electron chi connectivity index (χ4n) is 4.52. The van der Waals surface area contributed by atoms with E-state index in [9.17, 15) is 4.79 Å². The lowest BCUT2D eigenvalue weighted by molar-refractivity contribution is -0.121. The molecule has 1 N–H and O–H groups in total. The smallest absolute Gasteiger partial charge is 0.242 e. The molecule has 116 valence electrons. The Balaban J connectivity index is 1.43. The van der Waals surface area contributed by atoms with E-state index in [0.29, 0.717) is 12.0 Å². The predicted octanol–water partition coefficient (Wildman–Crippen LogP) is 2.58. The lowest BCUT2D eigenvalue weighted by atomic mass is 9.94. The Labute approximate surface area is 130 Å². The highest BCUT2D eigenvalue weighted by atomic mass is 32.2. The van der Waals surface area contributed by atoms with Crippen LogP contribution < -0.4 is 5.32 Å². The van der Waals surface area contributed by atoms with E-state index < -0.39 is 0 Å². The van der Waals surface area contributed by atoms with Crippen LogP contribution >= 0.6 is 11.8 Å². The number of ether oxygens (including phenoxy) is 1. The Bertz CT molecular complexity index is 475. The lowest BCUT2D eigenvalue weighted by Gasteiger charge is -2.22. The van der Waals surface area contributed by atoms with Crippen LogP contribution in [0.25, 0.3) is 0 Å². The number of aliphatic imine (C=N–C) groups is 1. The van der Waals surface area contributed by atoms with Crippen molar-refractivity contribution in [3.05, 3.63) is 0 Å².